The summed E-state index contributed by atoms with van der Waals surface area (Å²) >= 11 is 19.2. The van der Waals surface area contributed by atoms with E-state index in [1.807, 2.05) is 38.1 Å². The average Bonchev–Trinajstić information content (AvgIpc) is 2.91. The third-order valence-corrected chi connectivity index (χ3v) is 6.97. The van der Waals surface area contributed by atoms with Crippen LogP contribution in [-0.2, 0) is 13.0 Å². The van der Waals surface area contributed by atoms with Gasteiger partial charge in [-0.1, -0.05) is 54.2 Å². The summed E-state index contributed by atoms with van der Waals surface area (Å²) in [5, 5.41) is 5.22. The number of fused-ring (bicyclic) bond motifs is 3. The first kappa shape index (κ1) is 18.0. The van der Waals surface area contributed by atoms with Crippen molar-refractivity contribution in [2.75, 3.05) is 11.9 Å². The zero-order valence-electron chi connectivity index (χ0n) is 14.5. The molecule has 1 N–H and O–H groups in total. The first-order chi connectivity index (χ1) is 12.5. The quantitative estimate of drug-likeness (QED) is 0.652. The molecule has 0 radical (unpaired) electrons. The number of nitrogens with zero attached hydrogens (tertiary/aromatic N) is 2. The minimum atomic E-state index is -0.0881. The molecule has 3 nitrogen and oxygen atoms in total. The summed E-state index contributed by atoms with van der Waals surface area (Å²) < 4.78 is 0. The number of thiocarbonyl (C=S) groups is 2. The summed E-state index contributed by atoms with van der Waals surface area (Å²) in [5.74, 6) is 0. The summed E-state index contributed by atoms with van der Waals surface area (Å²) in [6.45, 7) is 5.79. The standard InChI is InChI=1S/C19H18ClN3S3/c1-10-18(25)22-19-16(17(21-10)12-5-3-4-6-14(12)20)13-7-8-23(11(2)24)9-15(13)26-19/h3-6,10H,7-9H2,1-2H3,(H,22,25). The first-order valence-corrected chi connectivity index (χ1v) is 10.5. The topological polar surface area (TPSA) is 27.6 Å². The van der Waals surface area contributed by atoms with Gasteiger partial charge in [0.15, 0.2) is 0 Å². The SMILES string of the molecule is CC(=S)N1CCc2c(sc3c2C(c2ccccc2Cl)=NC(C)C(=S)N3)C1. The number of thiophene rings is 1. The molecular weight excluding hydrogens is 402 g/mol. The molecule has 134 valence electrons. The molecule has 2 aliphatic heterocycles. The number of hydrogen-bond acceptors (Lipinski definition) is 4. The molecule has 0 saturated carbocycles. The van der Waals surface area contributed by atoms with Crippen molar-refractivity contribution in [3.8, 4) is 0 Å². The summed E-state index contributed by atoms with van der Waals surface area (Å²) in [6.07, 6.45) is 0.946. The Morgan fingerprint density at radius 3 is 2.88 bits per heavy atom. The lowest BCUT2D eigenvalue weighted by Gasteiger charge is -2.28. The molecule has 1 aromatic heterocycles. The Morgan fingerprint density at radius 2 is 2.15 bits per heavy atom. The van der Waals surface area contributed by atoms with Crippen molar-refractivity contribution < 1.29 is 0 Å². The average molecular weight is 420 g/mol. The molecule has 0 fully saturated rings. The number of halogens is 1. The van der Waals surface area contributed by atoms with E-state index in [9.17, 15) is 0 Å². The van der Waals surface area contributed by atoms with Gasteiger partial charge in [0.25, 0.3) is 0 Å². The predicted molar refractivity (Wildman–Crippen MR) is 119 cm³/mol. The van der Waals surface area contributed by atoms with Crippen molar-refractivity contribution in [1.29, 1.82) is 0 Å². The number of aliphatic imine (C=N–C) groups is 1. The van der Waals surface area contributed by atoms with Crippen LogP contribution in [-0.4, -0.2) is 33.2 Å². The molecule has 2 aliphatic rings. The molecule has 26 heavy (non-hydrogen) atoms. The molecule has 0 bridgehead atoms. The van der Waals surface area contributed by atoms with Crippen molar-refractivity contribution in [2.24, 2.45) is 4.99 Å². The van der Waals surface area contributed by atoms with Gasteiger partial charge in [-0.3, -0.25) is 4.99 Å². The van der Waals surface area contributed by atoms with Gasteiger partial charge in [-0.2, -0.15) is 0 Å². The molecular formula is C19H18ClN3S3. The molecule has 0 amide bonds. The van der Waals surface area contributed by atoms with Crippen molar-refractivity contribution in [1.82, 2.24) is 4.90 Å². The lowest BCUT2D eigenvalue weighted by molar-refractivity contribution is 0.404. The highest BCUT2D eigenvalue weighted by Crippen LogP contribution is 2.41. The van der Waals surface area contributed by atoms with Gasteiger partial charge in [-0.25, -0.2) is 0 Å². The van der Waals surface area contributed by atoms with Gasteiger partial charge in [0.05, 0.1) is 23.3 Å². The molecule has 3 heterocycles. The Hall–Kier alpha value is -1.34. The van der Waals surface area contributed by atoms with E-state index in [0.29, 0.717) is 5.02 Å². The predicted octanol–water partition coefficient (Wildman–Crippen LogP) is 5.09. The van der Waals surface area contributed by atoms with E-state index in [-0.39, 0.29) is 6.04 Å². The monoisotopic (exact) mass is 419 g/mol. The van der Waals surface area contributed by atoms with E-state index in [1.54, 1.807) is 11.3 Å². The smallest absolute Gasteiger partial charge is 0.105 e. The Morgan fingerprint density at radius 1 is 1.38 bits per heavy atom. The molecule has 0 spiro atoms. The first-order valence-electron chi connectivity index (χ1n) is 8.49. The van der Waals surface area contributed by atoms with Crippen LogP contribution in [0.3, 0.4) is 0 Å². The van der Waals surface area contributed by atoms with Gasteiger partial charge in [0.1, 0.15) is 9.99 Å². The minimum Gasteiger partial charge on any atom is -0.361 e. The Bertz CT molecular complexity index is 948. The number of hydrogen-bond donors (Lipinski definition) is 1. The number of rotatable bonds is 1. The van der Waals surface area contributed by atoms with E-state index in [1.165, 1.54) is 10.4 Å². The van der Waals surface area contributed by atoms with Crippen LogP contribution in [0.5, 0.6) is 0 Å². The van der Waals surface area contributed by atoms with Gasteiger partial charge >= 0.3 is 0 Å². The molecule has 1 aromatic carbocycles. The van der Waals surface area contributed by atoms with Crippen LogP contribution in [0.25, 0.3) is 0 Å². The second-order valence-corrected chi connectivity index (χ2v) is 9.06. The molecule has 7 heteroatoms. The third-order valence-electron chi connectivity index (χ3n) is 4.81. The van der Waals surface area contributed by atoms with Gasteiger partial charge < -0.3 is 10.2 Å². The van der Waals surface area contributed by atoms with Crippen LogP contribution in [0.15, 0.2) is 29.3 Å². The molecule has 1 atom stereocenters. The second kappa shape index (κ2) is 7.00. The maximum atomic E-state index is 6.52. The summed E-state index contributed by atoms with van der Waals surface area (Å²) in [6, 6.07) is 7.80. The van der Waals surface area contributed by atoms with Gasteiger partial charge in [0.2, 0.25) is 0 Å². The Labute approximate surface area is 173 Å². The minimum absolute atomic E-state index is 0.0881. The fourth-order valence-electron chi connectivity index (χ4n) is 3.40. The maximum Gasteiger partial charge on any atom is 0.105 e. The van der Waals surface area contributed by atoms with Crippen LogP contribution in [0.2, 0.25) is 5.02 Å². The Balaban J connectivity index is 1.90. The summed E-state index contributed by atoms with van der Waals surface area (Å²) in [7, 11) is 0. The van der Waals surface area contributed by atoms with Crippen LogP contribution < -0.4 is 5.32 Å². The van der Waals surface area contributed by atoms with E-state index in [4.69, 9.17) is 41.0 Å². The lowest BCUT2D eigenvalue weighted by Crippen LogP contribution is -2.33. The zero-order valence-corrected chi connectivity index (χ0v) is 17.7. The molecule has 1 unspecified atom stereocenters. The second-order valence-electron chi connectivity index (χ2n) is 6.52. The zero-order chi connectivity index (χ0) is 18.4. The number of anilines is 1. The van der Waals surface area contributed by atoms with Gasteiger partial charge in [-0.05, 0) is 31.9 Å². The van der Waals surface area contributed by atoms with Crippen LogP contribution in [0.4, 0.5) is 5.00 Å². The van der Waals surface area contributed by atoms with Gasteiger partial charge in [0, 0.05) is 27.6 Å². The summed E-state index contributed by atoms with van der Waals surface area (Å²) in [4.78, 5) is 10.2. The van der Waals surface area contributed by atoms with Crippen molar-refractivity contribution in [3.05, 3.63) is 50.9 Å². The van der Waals surface area contributed by atoms with E-state index < -0.39 is 0 Å². The highest BCUT2D eigenvalue weighted by molar-refractivity contribution is 7.80. The molecule has 4 rings (SSSR count). The fourth-order valence-corrected chi connectivity index (χ4v) is 5.28. The largest absolute Gasteiger partial charge is 0.361 e. The third kappa shape index (κ3) is 3.09. The van der Waals surface area contributed by atoms with Crippen molar-refractivity contribution in [3.63, 3.8) is 0 Å². The van der Waals surface area contributed by atoms with E-state index in [2.05, 4.69) is 10.2 Å². The van der Waals surface area contributed by atoms with Crippen LogP contribution >= 0.6 is 47.4 Å². The molecule has 0 aliphatic carbocycles. The number of benzene rings is 1. The van der Waals surface area contributed by atoms with Crippen molar-refractivity contribution >= 4 is 68.1 Å². The molecule has 2 aromatic rings. The summed E-state index contributed by atoms with van der Waals surface area (Å²) in [5.41, 5.74) is 4.41. The van der Waals surface area contributed by atoms with Crippen LogP contribution in [0.1, 0.15) is 35.4 Å². The number of nitrogens with one attached hydrogen (secondary N) is 1. The fraction of sp³-hybridized carbons (Fsp3) is 0.316. The normalized spacial score (nSPS) is 19.2. The van der Waals surface area contributed by atoms with E-state index in [0.717, 1.165) is 51.3 Å². The van der Waals surface area contributed by atoms with Crippen LogP contribution in [0, 0.1) is 0 Å². The highest BCUT2D eigenvalue weighted by atomic mass is 35.5. The maximum absolute atomic E-state index is 6.52. The lowest BCUT2D eigenvalue weighted by atomic mass is 9.95. The van der Waals surface area contributed by atoms with E-state index >= 15 is 0 Å². The molecule has 0 saturated heterocycles. The van der Waals surface area contributed by atoms with Gasteiger partial charge in [-0.15, -0.1) is 11.3 Å². The highest BCUT2D eigenvalue weighted by Gasteiger charge is 2.31. The van der Waals surface area contributed by atoms with Crippen molar-refractivity contribution in [2.45, 2.75) is 32.9 Å². The Kier molecular flexibility index (Phi) is 4.86.